The molecule has 2 rings (SSSR count). The van der Waals surface area contributed by atoms with E-state index in [2.05, 4.69) is 57.8 Å². The summed E-state index contributed by atoms with van der Waals surface area (Å²) in [6.07, 6.45) is 4.97. The Labute approximate surface area is 119 Å². The number of hydrogen-bond acceptors (Lipinski definition) is 2. The van der Waals surface area contributed by atoms with Crippen molar-refractivity contribution in [1.82, 2.24) is 10.6 Å². The summed E-state index contributed by atoms with van der Waals surface area (Å²) < 4.78 is 1.15. The Morgan fingerprint density at radius 2 is 2.06 bits per heavy atom. The normalized spacial score (nSPS) is 22.4. The van der Waals surface area contributed by atoms with Crippen molar-refractivity contribution in [3.8, 4) is 0 Å². The summed E-state index contributed by atoms with van der Waals surface area (Å²) in [5, 5.41) is 7.30. The van der Waals surface area contributed by atoms with Gasteiger partial charge in [0.15, 0.2) is 0 Å². The highest BCUT2D eigenvalue weighted by Crippen LogP contribution is 2.21. The van der Waals surface area contributed by atoms with Crippen LogP contribution in [0.4, 0.5) is 0 Å². The predicted molar refractivity (Wildman–Crippen MR) is 80.8 cm³/mol. The molecule has 0 saturated carbocycles. The minimum Gasteiger partial charge on any atom is -0.317 e. The summed E-state index contributed by atoms with van der Waals surface area (Å²) in [4.78, 5) is 0. The Morgan fingerprint density at radius 1 is 1.28 bits per heavy atom. The van der Waals surface area contributed by atoms with E-state index >= 15 is 0 Å². The summed E-state index contributed by atoms with van der Waals surface area (Å²) in [5.74, 6) is 0. The molecule has 1 fully saturated rings. The third kappa shape index (κ3) is 4.08. The van der Waals surface area contributed by atoms with Crippen LogP contribution in [0.2, 0.25) is 0 Å². The van der Waals surface area contributed by atoms with E-state index in [1.807, 2.05) is 0 Å². The van der Waals surface area contributed by atoms with Crippen LogP contribution in [0, 0.1) is 0 Å². The maximum absolute atomic E-state index is 3.83. The lowest BCUT2D eigenvalue weighted by molar-refractivity contribution is 0.398. The summed E-state index contributed by atoms with van der Waals surface area (Å²) in [5.41, 5.74) is 1.40. The van der Waals surface area contributed by atoms with E-state index in [0.717, 1.165) is 17.4 Å². The van der Waals surface area contributed by atoms with Gasteiger partial charge in [0.2, 0.25) is 0 Å². The fourth-order valence-corrected chi connectivity index (χ4v) is 2.88. The molecule has 1 aliphatic rings. The van der Waals surface area contributed by atoms with Crippen molar-refractivity contribution in [3.05, 3.63) is 34.3 Å². The molecule has 0 bridgehead atoms. The summed E-state index contributed by atoms with van der Waals surface area (Å²) >= 11 is 3.50. The molecule has 0 spiro atoms. The zero-order valence-corrected chi connectivity index (χ0v) is 12.7. The van der Waals surface area contributed by atoms with Crippen LogP contribution in [0.3, 0.4) is 0 Å². The highest BCUT2D eigenvalue weighted by molar-refractivity contribution is 9.10. The average Bonchev–Trinajstić information content (AvgIpc) is 2.66. The van der Waals surface area contributed by atoms with Crippen molar-refractivity contribution >= 4 is 15.9 Å². The molecule has 0 aliphatic carbocycles. The standard InChI is InChI=1S/C15H23BrN2/c1-2-15(12-5-7-13(16)8-6-12)18-14-4-3-10-17-11-9-14/h5-8,14-15,17-18H,2-4,9-11H2,1H3. The fourth-order valence-electron chi connectivity index (χ4n) is 2.62. The quantitative estimate of drug-likeness (QED) is 0.887. The van der Waals surface area contributed by atoms with Crippen LogP contribution < -0.4 is 10.6 Å². The first-order chi connectivity index (χ1) is 8.79. The number of nitrogens with one attached hydrogen (secondary N) is 2. The van der Waals surface area contributed by atoms with E-state index in [4.69, 9.17) is 0 Å². The lowest BCUT2D eigenvalue weighted by Gasteiger charge is -2.24. The summed E-state index contributed by atoms with van der Waals surface area (Å²) in [6.45, 7) is 4.58. The number of hydrogen-bond donors (Lipinski definition) is 2. The van der Waals surface area contributed by atoms with Gasteiger partial charge >= 0.3 is 0 Å². The minimum atomic E-state index is 0.487. The van der Waals surface area contributed by atoms with Crippen LogP contribution in [-0.4, -0.2) is 19.1 Å². The third-order valence-corrected chi connectivity index (χ3v) is 4.22. The Balaban J connectivity index is 1.97. The molecule has 18 heavy (non-hydrogen) atoms. The topological polar surface area (TPSA) is 24.1 Å². The number of benzene rings is 1. The Hall–Kier alpha value is -0.380. The second-order valence-corrected chi connectivity index (χ2v) is 5.97. The van der Waals surface area contributed by atoms with Gasteiger partial charge in [-0.1, -0.05) is 35.0 Å². The van der Waals surface area contributed by atoms with E-state index in [1.165, 1.54) is 31.4 Å². The molecule has 0 radical (unpaired) electrons. The largest absolute Gasteiger partial charge is 0.317 e. The smallest absolute Gasteiger partial charge is 0.0320 e. The van der Waals surface area contributed by atoms with Gasteiger partial charge in [0, 0.05) is 16.6 Å². The van der Waals surface area contributed by atoms with Crippen molar-refractivity contribution in [1.29, 1.82) is 0 Å². The monoisotopic (exact) mass is 310 g/mol. The molecule has 3 heteroatoms. The van der Waals surface area contributed by atoms with Gasteiger partial charge in [-0.2, -0.15) is 0 Å². The lowest BCUT2D eigenvalue weighted by atomic mass is 10.0. The van der Waals surface area contributed by atoms with E-state index in [-0.39, 0.29) is 0 Å². The Kier molecular flexibility index (Phi) is 5.67. The average molecular weight is 311 g/mol. The number of halogens is 1. The van der Waals surface area contributed by atoms with Crippen molar-refractivity contribution in [3.63, 3.8) is 0 Å². The van der Waals surface area contributed by atoms with Crippen LogP contribution in [0.1, 0.15) is 44.2 Å². The predicted octanol–water partition coefficient (Wildman–Crippen LogP) is 3.63. The van der Waals surface area contributed by atoms with Gasteiger partial charge in [-0.3, -0.25) is 0 Å². The maximum Gasteiger partial charge on any atom is 0.0320 e. The zero-order valence-electron chi connectivity index (χ0n) is 11.1. The van der Waals surface area contributed by atoms with Gasteiger partial charge < -0.3 is 10.6 Å². The SMILES string of the molecule is CCC(NC1CCCNCC1)c1ccc(Br)cc1. The van der Waals surface area contributed by atoms with E-state index in [0.29, 0.717) is 12.1 Å². The van der Waals surface area contributed by atoms with Gasteiger partial charge in [-0.15, -0.1) is 0 Å². The maximum atomic E-state index is 3.83. The fraction of sp³-hybridized carbons (Fsp3) is 0.600. The Bertz CT molecular complexity index is 342. The van der Waals surface area contributed by atoms with E-state index in [9.17, 15) is 0 Å². The van der Waals surface area contributed by atoms with Gasteiger partial charge in [0.25, 0.3) is 0 Å². The molecular weight excluding hydrogens is 288 g/mol. The minimum absolute atomic E-state index is 0.487. The summed E-state index contributed by atoms with van der Waals surface area (Å²) in [7, 11) is 0. The van der Waals surface area contributed by atoms with Crippen LogP contribution >= 0.6 is 15.9 Å². The van der Waals surface area contributed by atoms with Gasteiger partial charge in [0.05, 0.1) is 0 Å². The van der Waals surface area contributed by atoms with Crippen LogP contribution in [0.5, 0.6) is 0 Å². The van der Waals surface area contributed by atoms with E-state index < -0.39 is 0 Å². The lowest BCUT2D eigenvalue weighted by Crippen LogP contribution is -2.33. The van der Waals surface area contributed by atoms with Gasteiger partial charge in [0.1, 0.15) is 0 Å². The van der Waals surface area contributed by atoms with Crippen LogP contribution in [0.25, 0.3) is 0 Å². The highest BCUT2D eigenvalue weighted by Gasteiger charge is 2.16. The van der Waals surface area contributed by atoms with Gasteiger partial charge in [-0.05, 0) is 56.5 Å². The molecule has 1 saturated heterocycles. The molecule has 2 N–H and O–H groups in total. The highest BCUT2D eigenvalue weighted by atomic mass is 79.9. The van der Waals surface area contributed by atoms with Crippen molar-refractivity contribution in [2.24, 2.45) is 0 Å². The first-order valence-corrected chi connectivity index (χ1v) is 7.81. The molecule has 2 nitrogen and oxygen atoms in total. The molecular formula is C15H23BrN2. The van der Waals surface area contributed by atoms with Crippen LogP contribution in [-0.2, 0) is 0 Å². The van der Waals surface area contributed by atoms with Crippen LogP contribution in [0.15, 0.2) is 28.7 Å². The van der Waals surface area contributed by atoms with E-state index in [1.54, 1.807) is 0 Å². The van der Waals surface area contributed by atoms with Crippen molar-refractivity contribution in [2.75, 3.05) is 13.1 Å². The molecule has 1 aromatic carbocycles. The molecule has 100 valence electrons. The molecule has 0 aromatic heterocycles. The second-order valence-electron chi connectivity index (χ2n) is 5.06. The first kappa shape index (κ1) is 14.0. The number of rotatable bonds is 4. The van der Waals surface area contributed by atoms with Crippen molar-refractivity contribution < 1.29 is 0 Å². The molecule has 2 atom stereocenters. The molecule has 1 aliphatic heterocycles. The zero-order chi connectivity index (χ0) is 12.8. The summed E-state index contributed by atoms with van der Waals surface area (Å²) in [6, 6.07) is 9.86. The Morgan fingerprint density at radius 3 is 2.78 bits per heavy atom. The first-order valence-electron chi connectivity index (χ1n) is 7.02. The second kappa shape index (κ2) is 7.27. The molecule has 2 unspecified atom stereocenters. The molecule has 1 aromatic rings. The molecule has 0 amide bonds. The van der Waals surface area contributed by atoms with Crippen molar-refractivity contribution in [2.45, 2.75) is 44.7 Å². The molecule has 1 heterocycles. The van der Waals surface area contributed by atoms with Gasteiger partial charge in [-0.25, -0.2) is 0 Å². The third-order valence-electron chi connectivity index (χ3n) is 3.69.